The molecule has 0 bridgehead atoms. The first kappa shape index (κ1) is 12.3. The Hall–Kier alpha value is -0.120. The number of hydrogen-bond donors (Lipinski definition) is 0. The molecule has 0 aromatic carbocycles. The number of halogens is 1. The first-order valence-electron chi connectivity index (χ1n) is 5.99. The molecule has 1 fully saturated rings. The summed E-state index contributed by atoms with van der Waals surface area (Å²) >= 11 is 7.29. The Morgan fingerprint density at radius 3 is 3.12 bits per heavy atom. The van der Waals surface area contributed by atoms with Gasteiger partial charge in [0.15, 0.2) is 4.47 Å². The van der Waals surface area contributed by atoms with Crippen LogP contribution < -0.4 is 0 Å². The van der Waals surface area contributed by atoms with Crippen LogP contribution in [-0.4, -0.2) is 11.1 Å². The van der Waals surface area contributed by atoms with Crippen molar-refractivity contribution in [2.75, 3.05) is 0 Å². The van der Waals surface area contributed by atoms with Crippen molar-refractivity contribution in [3.63, 3.8) is 0 Å². The minimum Gasteiger partial charge on any atom is -0.373 e. The van der Waals surface area contributed by atoms with Crippen LogP contribution in [0, 0.1) is 5.92 Å². The van der Waals surface area contributed by atoms with E-state index < -0.39 is 0 Å². The number of nitrogens with zero attached hydrogens (tertiary/aromatic N) is 1. The monoisotopic (exact) mass is 259 g/mol. The Morgan fingerprint density at radius 1 is 1.56 bits per heavy atom. The van der Waals surface area contributed by atoms with Gasteiger partial charge >= 0.3 is 0 Å². The molecule has 2 rings (SSSR count). The molecule has 0 amide bonds. The van der Waals surface area contributed by atoms with Gasteiger partial charge in [0.2, 0.25) is 0 Å². The van der Waals surface area contributed by atoms with E-state index in [1.54, 1.807) is 0 Å². The molecule has 90 valence electrons. The zero-order chi connectivity index (χ0) is 11.4. The minimum atomic E-state index is 0.444. The Bertz CT molecular complexity index is 329. The van der Waals surface area contributed by atoms with Gasteiger partial charge in [-0.3, -0.25) is 0 Å². The van der Waals surface area contributed by atoms with Gasteiger partial charge in [-0.05, 0) is 18.8 Å². The maximum Gasteiger partial charge on any atom is 0.183 e. The Labute approximate surface area is 106 Å². The molecule has 1 aliphatic carbocycles. The fourth-order valence-electron chi connectivity index (χ4n) is 2.31. The molecule has 1 aromatic rings. The first-order valence-corrected chi connectivity index (χ1v) is 7.19. The van der Waals surface area contributed by atoms with Crippen molar-refractivity contribution in [1.82, 2.24) is 4.98 Å². The van der Waals surface area contributed by atoms with Crippen LogP contribution in [-0.2, 0) is 11.3 Å². The summed E-state index contributed by atoms with van der Waals surface area (Å²) in [5.74, 6) is 0.865. The second kappa shape index (κ2) is 5.99. The lowest BCUT2D eigenvalue weighted by atomic mass is 9.85. The molecule has 1 aromatic heterocycles. The summed E-state index contributed by atoms with van der Waals surface area (Å²) in [6.07, 6.45) is 8.67. The zero-order valence-electron chi connectivity index (χ0n) is 9.62. The second-order valence-corrected chi connectivity index (χ2v) is 6.15. The van der Waals surface area contributed by atoms with E-state index in [-0.39, 0.29) is 0 Å². The van der Waals surface area contributed by atoms with Gasteiger partial charge in [0.25, 0.3) is 0 Å². The molecule has 1 heterocycles. The lowest BCUT2D eigenvalue weighted by molar-refractivity contribution is 0.00291. The average molecular weight is 260 g/mol. The van der Waals surface area contributed by atoms with E-state index in [1.807, 2.05) is 6.20 Å². The highest BCUT2D eigenvalue weighted by molar-refractivity contribution is 7.15. The van der Waals surface area contributed by atoms with Gasteiger partial charge in [0.05, 0.1) is 17.6 Å². The van der Waals surface area contributed by atoms with Crippen LogP contribution in [0.2, 0.25) is 4.47 Å². The van der Waals surface area contributed by atoms with Crippen LogP contribution in [0.5, 0.6) is 0 Å². The topological polar surface area (TPSA) is 22.1 Å². The van der Waals surface area contributed by atoms with Crippen molar-refractivity contribution in [1.29, 1.82) is 0 Å². The maximum atomic E-state index is 5.93. The molecule has 1 saturated carbocycles. The van der Waals surface area contributed by atoms with Gasteiger partial charge in [-0.2, -0.15) is 0 Å². The fraction of sp³-hybridized carbons (Fsp3) is 0.750. The molecule has 4 heteroatoms. The number of ether oxygens (including phenoxy) is 1. The molecule has 1 aliphatic rings. The van der Waals surface area contributed by atoms with E-state index in [4.69, 9.17) is 16.3 Å². The molecular weight excluding hydrogens is 242 g/mol. The van der Waals surface area contributed by atoms with E-state index in [2.05, 4.69) is 11.9 Å². The maximum absolute atomic E-state index is 5.93. The summed E-state index contributed by atoms with van der Waals surface area (Å²) in [4.78, 5) is 5.14. The lowest BCUT2D eigenvalue weighted by Crippen LogP contribution is -2.22. The standard InChI is InChI=1S/C12H18ClNOS/c1-2-9-4-3-5-10(6-9)15-8-11-7-14-12(13)16-11/h7,9-10H,2-6,8H2,1H3. The van der Waals surface area contributed by atoms with E-state index in [0.29, 0.717) is 17.2 Å². The first-order chi connectivity index (χ1) is 7.78. The summed E-state index contributed by atoms with van der Waals surface area (Å²) in [5.41, 5.74) is 0. The van der Waals surface area contributed by atoms with Crippen LogP contribution in [0.15, 0.2) is 6.20 Å². The molecule has 0 spiro atoms. The molecule has 0 radical (unpaired) electrons. The third-order valence-corrected chi connectivity index (χ3v) is 4.39. The molecule has 2 unspecified atom stereocenters. The summed E-state index contributed by atoms with van der Waals surface area (Å²) in [6.45, 7) is 2.95. The molecule has 16 heavy (non-hydrogen) atoms. The summed E-state index contributed by atoms with van der Waals surface area (Å²) in [7, 11) is 0. The van der Waals surface area contributed by atoms with Crippen LogP contribution >= 0.6 is 22.9 Å². The molecule has 0 aliphatic heterocycles. The van der Waals surface area contributed by atoms with Crippen LogP contribution in [0.1, 0.15) is 43.9 Å². The van der Waals surface area contributed by atoms with E-state index in [1.165, 1.54) is 43.4 Å². The van der Waals surface area contributed by atoms with Gasteiger partial charge in [-0.25, -0.2) is 4.98 Å². The van der Waals surface area contributed by atoms with Crippen LogP contribution in [0.25, 0.3) is 0 Å². The van der Waals surface area contributed by atoms with Crippen LogP contribution in [0.3, 0.4) is 0 Å². The van der Waals surface area contributed by atoms with Crippen molar-refractivity contribution in [3.05, 3.63) is 15.5 Å². The third-order valence-electron chi connectivity index (χ3n) is 3.30. The second-order valence-electron chi connectivity index (χ2n) is 4.45. The Balaban J connectivity index is 1.77. The Kier molecular flexibility index (Phi) is 4.62. The van der Waals surface area contributed by atoms with E-state index >= 15 is 0 Å². The number of aromatic nitrogens is 1. The van der Waals surface area contributed by atoms with Crippen molar-refractivity contribution < 1.29 is 4.74 Å². The SMILES string of the molecule is CCC1CCCC(OCc2cnc(Cl)s2)C1. The quantitative estimate of drug-likeness (QED) is 0.805. The number of hydrogen-bond acceptors (Lipinski definition) is 3. The summed E-state index contributed by atoms with van der Waals surface area (Å²) in [6, 6.07) is 0. The molecule has 2 atom stereocenters. The predicted octanol–water partition coefficient (Wildman–Crippen LogP) is 4.28. The zero-order valence-corrected chi connectivity index (χ0v) is 11.2. The molecule has 0 N–H and O–H groups in total. The van der Waals surface area contributed by atoms with E-state index in [0.717, 1.165) is 10.8 Å². The molecular formula is C12H18ClNOS. The number of rotatable bonds is 4. The normalized spacial score (nSPS) is 25.9. The third kappa shape index (κ3) is 3.44. The van der Waals surface area contributed by atoms with Crippen molar-refractivity contribution in [2.45, 2.75) is 51.7 Å². The highest BCUT2D eigenvalue weighted by atomic mass is 35.5. The smallest absolute Gasteiger partial charge is 0.183 e. The summed E-state index contributed by atoms with van der Waals surface area (Å²) in [5, 5.41) is 0. The lowest BCUT2D eigenvalue weighted by Gasteiger charge is -2.28. The average Bonchev–Trinajstić information content (AvgIpc) is 2.73. The van der Waals surface area contributed by atoms with Crippen molar-refractivity contribution >= 4 is 22.9 Å². The molecule has 2 nitrogen and oxygen atoms in total. The summed E-state index contributed by atoms with van der Waals surface area (Å²) < 4.78 is 6.53. The van der Waals surface area contributed by atoms with Crippen molar-refractivity contribution in [3.8, 4) is 0 Å². The molecule has 0 saturated heterocycles. The van der Waals surface area contributed by atoms with E-state index in [9.17, 15) is 0 Å². The minimum absolute atomic E-state index is 0.444. The Morgan fingerprint density at radius 2 is 2.44 bits per heavy atom. The van der Waals surface area contributed by atoms with Gasteiger partial charge in [-0.1, -0.05) is 37.8 Å². The largest absolute Gasteiger partial charge is 0.373 e. The highest BCUT2D eigenvalue weighted by Gasteiger charge is 2.21. The number of thiazole rings is 1. The van der Waals surface area contributed by atoms with Gasteiger partial charge < -0.3 is 4.74 Å². The highest BCUT2D eigenvalue weighted by Crippen LogP contribution is 2.29. The fourth-order valence-corrected chi connectivity index (χ4v) is 3.21. The van der Waals surface area contributed by atoms with Crippen molar-refractivity contribution in [2.24, 2.45) is 5.92 Å². The van der Waals surface area contributed by atoms with Gasteiger partial charge in [0, 0.05) is 6.20 Å². The van der Waals surface area contributed by atoms with Gasteiger partial charge in [-0.15, -0.1) is 11.3 Å². The van der Waals surface area contributed by atoms with Gasteiger partial charge in [0.1, 0.15) is 0 Å². The van der Waals surface area contributed by atoms with Crippen LogP contribution in [0.4, 0.5) is 0 Å². The predicted molar refractivity (Wildman–Crippen MR) is 68.0 cm³/mol.